The average molecular weight is 171 g/mol. The summed E-state index contributed by atoms with van der Waals surface area (Å²) in [6.07, 6.45) is 0. The maximum absolute atomic E-state index is 12.9. The molecule has 1 aromatic carbocycles. The van der Waals surface area contributed by atoms with Crippen LogP contribution in [0, 0.1) is 5.82 Å². The summed E-state index contributed by atoms with van der Waals surface area (Å²) in [7, 11) is -2.04. The Morgan fingerprint density at radius 1 is 1.42 bits per heavy atom. The Balaban J connectivity index is 2.92. The first-order valence-corrected chi connectivity index (χ1v) is 3.18. The highest BCUT2D eigenvalue weighted by Gasteiger charge is 2.15. The lowest BCUT2D eigenvalue weighted by Gasteiger charge is -2.06. The van der Waals surface area contributed by atoms with Gasteiger partial charge in [-0.05, 0) is 12.1 Å². The third kappa shape index (κ3) is 1.87. The summed E-state index contributed by atoms with van der Waals surface area (Å²) in [6.45, 7) is 0. The molecule has 4 N–H and O–H groups in total. The average Bonchev–Trinajstić information content (AvgIpc) is 1.98. The van der Waals surface area contributed by atoms with Gasteiger partial charge in [0.25, 0.3) is 0 Å². The second kappa shape index (κ2) is 3.42. The zero-order chi connectivity index (χ0) is 9.14. The molecule has 0 aliphatic rings. The Hall–Kier alpha value is -1.27. The Morgan fingerprint density at radius 2 is 2.08 bits per heavy atom. The van der Waals surface area contributed by atoms with E-state index >= 15 is 0 Å². The van der Waals surface area contributed by atoms with Crippen LogP contribution in [0.3, 0.4) is 0 Å². The van der Waals surface area contributed by atoms with Crippen LogP contribution in [0.4, 0.5) is 10.1 Å². The first-order chi connectivity index (χ1) is 5.61. The zero-order valence-electron chi connectivity index (χ0n) is 6.07. The highest BCUT2D eigenvalue weighted by Crippen LogP contribution is 2.21. The van der Waals surface area contributed by atoms with Crippen LogP contribution in [0.5, 0.6) is 5.75 Å². The van der Waals surface area contributed by atoms with Crippen LogP contribution in [0.15, 0.2) is 18.2 Å². The van der Waals surface area contributed by atoms with Crippen molar-refractivity contribution in [1.82, 2.24) is 0 Å². The second-order valence-electron chi connectivity index (χ2n) is 2.10. The topological polar surface area (TPSA) is 75.7 Å². The monoisotopic (exact) mass is 171 g/mol. The van der Waals surface area contributed by atoms with Crippen LogP contribution in [-0.2, 0) is 0 Å². The smallest absolute Gasteiger partial charge is 0.509 e. The molecule has 0 unspecified atom stereocenters. The summed E-state index contributed by atoms with van der Waals surface area (Å²) in [5.74, 6) is -1.09. The fourth-order valence-corrected chi connectivity index (χ4v) is 0.732. The molecule has 12 heavy (non-hydrogen) atoms. The van der Waals surface area contributed by atoms with Crippen molar-refractivity contribution >= 4 is 13.0 Å². The zero-order valence-corrected chi connectivity index (χ0v) is 6.07. The molecule has 0 bridgehead atoms. The summed E-state index contributed by atoms with van der Waals surface area (Å²) < 4.78 is 17.2. The number of benzene rings is 1. The molecule has 0 aromatic heterocycles. The van der Waals surface area contributed by atoms with E-state index in [0.29, 0.717) is 0 Å². The summed E-state index contributed by atoms with van der Waals surface area (Å²) in [5, 5.41) is 16.7. The lowest BCUT2D eigenvalue weighted by Crippen LogP contribution is -2.21. The summed E-state index contributed by atoms with van der Waals surface area (Å²) in [4.78, 5) is 0. The van der Waals surface area contributed by atoms with Crippen molar-refractivity contribution in [2.75, 3.05) is 5.73 Å². The lowest BCUT2D eigenvalue weighted by molar-refractivity contribution is 0.282. The van der Waals surface area contributed by atoms with Gasteiger partial charge in [-0.3, -0.25) is 0 Å². The number of rotatable bonds is 2. The van der Waals surface area contributed by atoms with Crippen LogP contribution in [-0.4, -0.2) is 17.4 Å². The van der Waals surface area contributed by atoms with Gasteiger partial charge in [-0.15, -0.1) is 0 Å². The fraction of sp³-hybridized carbons (Fsp3) is 0. The van der Waals surface area contributed by atoms with Crippen molar-refractivity contribution in [2.24, 2.45) is 0 Å². The number of nitrogens with two attached hydrogens (primary N) is 1. The van der Waals surface area contributed by atoms with Crippen molar-refractivity contribution in [1.29, 1.82) is 0 Å². The van der Waals surface area contributed by atoms with Crippen molar-refractivity contribution in [3.05, 3.63) is 24.0 Å². The minimum Gasteiger partial charge on any atom is -0.509 e. The lowest BCUT2D eigenvalue weighted by atomic mass is 10.2. The minimum atomic E-state index is -2.04. The van der Waals surface area contributed by atoms with Crippen LogP contribution in [0.25, 0.3) is 0 Å². The molecule has 0 amide bonds. The predicted molar refractivity (Wildman–Crippen MR) is 41.6 cm³/mol. The van der Waals surface area contributed by atoms with E-state index in [0.717, 1.165) is 0 Å². The summed E-state index contributed by atoms with van der Waals surface area (Å²) in [5.41, 5.74) is 5.07. The molecular weight excluding hydrogens is 164 g/mol. The molecule has 1 aromatic rings. The number of hydrogen-bond donors (Lipinski definition) is 3. The fourth-order valence-electron chi connectivity index (χ4n) is 0.732. The van der Waals surface area contributed by atoms with E-state index < -0.39 is 13.1 Å². The SMILES string of the molecule is Nc1cccc(OB(O)O)c1F. The van der Waals surface area contributed by atoms with Crippen molar-refractivity contribution in [2.45, 2.75) is 0 Å². The van der Waals surface area contributed by atoms with Crippen molar-refractivity contribution < 1.29 is 19.1 Å². The van der Waals surface area contributed by atoms with Gasteiger partial charge in [0.05, 0.1) is 5.69 Å². The number of halogens is 1. The van der Waals surface area contributed by atoms with E-state index in [-0.39, 0.29) is 11.4 Å². The standard InChI is InChI=1S/C6H7BFNO3/c8-6-4(9)2-1-3-5(6)12-7(10)11/h1-3,10-11H,9H2. The molecular formula is C6H7BFNO3. The van der Waals surface area contributed by atoms with Gasteiger partial charge in [-0.2, -0.15) is 0 Å². The second-order valence-corrected chi connectivity index (χ2v) is 2.10. The minimum absolute atomic E-state index is 0.104. The molecule has 0 saturated heterocycles. The van der Waals surface area contributed by atoms with Crippen LogP contribution < -0.4 is 10.4 Å². The van der Waals surface area contributed by atoms with Crippen LogP contribution >= 0.6 is 0 Å². The van der Waals surface area contributed by atoms with Gasteiger partial charge in [0, 0.05) is 0 Å². The molecule has 0 spiro atoms. The quantitative estimate of drug-likeness (QED) is 0.423. The molecule has 0 aliphatic carbocycles. The molecule has 0 aliphatic heterocycles. The molecule has 6 heteroatoms. The Labute approximate surface area is 68.6 Å². The van der Waals surface area contributed by atoms with Gasteiger partial charge in [-0.25, -0.2) is 4.39 Å². The van der Waals surface area contributed by atoms with E-state index in [1.807, 2.05) is 0 Å². The maximum Gasteiger partial charge on any atom is 0.707 e. The van der Waals surface area contributed by atoms with Crippen LogP contribution in [0.1, 0.15) is 0 Å². The molecule has 1 rings (SSSR count). The highest BCUT2D eigenvalue weighted by molar-refractivity contribution is 6.33. The van der Waals surface area contributed by atoms with E-state index in [1.54, 1.807) is 0 Å². The highest BCUT2D eigenvalue weighted by atomic mass is 19.1. The van der Waals surface area contributed by atoms with E-state index in [9.17, 15) is 4.39 Å². The largest absolute Gasteiger partial charge is 0.707 e. The molecule has 0 radical (unpaired) electrons. The van der Waals surface area contributed by atoms with Gasteiger partial charge >= 0.3 is 7.32 Å². The van der Waals surface area contributed by atoms with E-state index in [2.05, 4.69) is 4.65 Å². The molecule has 0 atom stereocenters. The number of nitrogen functional groups attached to an aromatic ring is 1. The van der Waals surface area contributed by atoms with Crippen molar-refractivity contribution in [3.8, 4) is 5.75 Å². The van der Waals surface area contributed by atoms with Gasteiger partial charge in [0.15, 0.2) is 5.82 Å². The predicted octanol–water partition coefficient (Wildman–Crippen LogP) is -0.244. The molecule has 0 fully saturated rings. The summed E-state index contributed by atoms with van der Waals surface area (Å²) in [6, 6.07) is 4.02. The molecule has 64 valence electrons. The maximum atomic E-state index is 12.9. The Kier molecular flexibility index (Phi) is 2.52. The molecule has 0 heterocycles. The first kappa shape index (κ1) is 8.83. The normalized spacial score (nSPS) is 9.58. The molecule has 0 saturated carbocycles. The van der Waals surface area contributed by atoms with Gasteiger partial charge in [-0.1, -0.05) is 6.07 Å². The van der Waals surface area contributed by atoms with Gasteiger partial charge in [0.1, 0.15) is 5.75 Å². The van der Waals surface area contributed by atoms with Gasteiger partial charge < -0.3 is 20.4 Å². The van der Waals surface area contributed by atoms with E-state index in [1.165, 1.54) is 18.2 Å². The van der Waals surface area contributed by atoms with Crippen LogP contribution in [0.2, 0.25) is 0 Å². The third-order valence-electron chi connectivity index (χ3n) is 1.23. The van der Waals surface area contributed by atoms with E-state index in [4.69, 9.17) is 15.8 Å². The summed E-state index contributed by atoms with van der Waals surface area (Å²) >= 11 is 0. The Bertz CT molecular complexity index is 281. The number of hydrogen-bond acceptors (Lipinski definition) is 4. The number of anilines is 1. The first-order valence-electron chi connectivity index (χ1n) is 3.18. The third-order valence-corrected chi connectivity index (χ3v) is 1.23. The van der Waals surface area contributed by atoms with Gasteiger partial charge in [0.2, 0.25) is 0 Å². The Morgan fingerprint density at radius 3 is 2.67 bits per heavy atom. The van der Waals surface area contributed by atoms with Crippen molar-refractivity contribution in [3.63, 3.8) is 0 Å². The molecule has 4 nitrogen and oxygen atoms in total.